The van der Waals surface area contributed by atoms with Gasteiger partial charge in [0.15, 0.2) is 0 Å². The van der Waals surface area contributed by atoms with E-state index in [2.05, 4.69) is 0 Å². The van der Waals surface area contributed by atoms with Gasteiger partial charge in [-0.3, -0.25) is 10.1 Å². The molecular formula is C13H14ClNO2S. The van der Waals surface area contributed by atoms with Crippen LogP contribution in [-0.2, 0) is 0 Å². The third kappa shape index (κ3) is 2.01. The number of benzene rings is 1. The Morgan fingerprint density at radius 2 is 2.00 bits per heavy atom. The number of halogens is 1. The van der Waals surface area contributed by atoms with Gasteiger partial charge in [0.05, 0.1) is 9.82 Å². The maximum Gasteiger partial charge on any atom is 0.282 e. The second-order valence-corrected chi connectivity index (χ2v) is 6.81. The van der Waals surface area contributed by atoms with E-state index in [1.165, 1.54) is 19.3 Å². The molecule has 2 fully saturated rings. The van der Waals surface area contributed by atoms with Crippen molar-refractivity contribution in [3.05, 3.63) is 34.4 Å². The van der Waals surface area contributed by atoms with Crippen LogP contribution < -0.4 is 0 Å². The Bertz CT molecular complexity index is 480. The predicted octanol–water partition coefficient (Wildman–Crippen LogP) is 4.09. The molecule has 0 aromatic heterocycles. The topological polar surface area (TPSA) is 43.1 Å². The first-order valence-corrected chi connectivity index (χ1v) is 7.52. The van der Waals surface area contributed by atoms with E-state index in [-0.39, 0.29) is 16.0 Å². The summed E-state index contributed by atoms with van der Waals surface area (Å²) in [6.07, 6.45) is 3.66. The van der Waals surface area contributed by atoms with Crippen molar-refractivity contribution >= 4 is 29.1 Å². The SMILES string of the molecule is O=[N+]([O-])c1ccccc1S[C@@H]1[C@@H]2CC[C@H](C2)[C@@H]1Cl. The number of nitro groups is 1. The van der Waals surface area contributed by atoms with Crippen LogP contribution in [0.15, 0.2) is 29.2 Å². The fourth-order valence-electron chi connectivity index (χ4n) is 3.18. The number of hydrogen-bond donors (Lipinski definition) is 0. The summed E-state index contributed by atoms with van der Waals surface area (Å²) in [6, 6.07) is 6.96. The number of nitro benzene ring substituents is 1. The van der Waals surface area contributed by atoms with Crippen LogP contribution in [0.5, 0.6) is 0 Å². The molecular weight excluding hydrogens is 270 g/mol. The summed E-state index contributed by atoms with van der Waals surface area (Å²) < 4.78 is 0. The van der Waals surface area contributed by atoms with Gasteiger partial charge in [0, 0.05) is 16.7 Å². The lowest BCUT2D eigenvalue weighted by molar-refractivity contribution is -0.387. The molecule has 0 aliphatic heterocycles. The van der Waals surface area contributed by atoms with Crippen molar-refractivity contribution in [1.29, 1.82) is 0 Å². The van der Waals surface area contributed by atoms with E-state index in [1.807, 2.05) is 12.1 Å². The van der Waals surface area contributed by atoms with Crippen molar-refractivity contribution in [2.24, 2.45) is 11.8 Å². The van der Waals surface area contributed by atoms with Crippen molar-refractivity contribution in [2.75, 3.05) is 0 Å². The van der Waals surface area contributed by atoms with Gasteiger partial charge in [-0.2, -0.15) is 0 Å². The molecule has 3 rings (SSSR count). The third-order valence-corrected chi connectivity index (χ3v) is 6.39. The minimum absolute atomic E-state index is 0.175. The summed E-state index contributed by atoms with van der Waals surface area (Å²) in [6.45, 7) is 0. The van der Waals surface area contributed by atoms with Gasteiger partial charge in [0.2, 0.25) is 0 Å². The second-order valence-electron chi connectivity index (χ2n) is 5.08. The molecule has 2 bridgehead atoms. The highest BCUT2D eigenvalue weighted by atomic mass is 35.5. The van der Waals surface area contributed by atoms with Gasteiger partial charge in [-0.15, -0.1) is 23.4 Å². The number of nitrogens with zero attached hydrogens (tertiary/aromatic N) is 1. The molecule has 0 amide bonds. The van der Waals surface area contributed by atoms with Gasteiger partial charge in [0.25, 0.3) is 5.69 Å². The van der Waals surface area contributed by atoms with E-state index >= 15 is 0 Å². The monoisotopic (exact) mass is 283 g/mol. The van der Waals surface area contributed by atoms with Crippen LogP contribution >= 0.6 is 23.4 Å². The predicted molar refractivity (Wildman–Crippen MR) is 73.2 cm³/mol. The van der Waals surface area contributed by atoms with E-state index in [0.29, 0.717) is 17.1 Å². The van der Waals surface area contributed by atoms with Gasteiger partial charge in [-0.05, 0) is 37.2 Å². The van der Waals surface area contributed by atoms with Crippen molar-refractivity contribution in [1.82, 2.24) is 0 Å². The lowest BCUT2D eigenvalue weighted by Crippen LogP contribution is -2.25. The van der Waals surface area contributed by atoms with Gasteiger partial charge in [-0.25, -0.2) is 0 Å². The molecule has 96 valence electrons. The molecule has 2 aliphatic carbocycles. The highest BCUT2D eigenvalue weighted by Crippen LogP contribution is 2.54. The Kier molecular flexibility index (Phi) is 3.24. The maximum atomic E-state index is 11.0. The number of para-hydroxylation sites is 1. The minimum Gasteiger partial charge on any atom is -0.258 e. The van der Waals surface area contributed by atoms with E-state index in [9.17, 15) is 10.1 Å². The van der Waals surface area contributed by atoms with Crippen molar-refractivity contribution in [3.63, 3.8) is 0 Å². The molecule has 18 heavy (non-hydrogen) atoms. The third-order valence-electron chi connectivity index (χ3n) is 4.07. The van der Waals surface area contributed by atoms with Gasteiger partial charge < -0.3 is 0 Å². The largest absolute Gasteiger partial charge is 0.282 e. The molecule has 0 radical (unpaired) electrons. The zero-order valence-corrected chi connectivity index (χ0v) is 11.4. The molecule has 0 N–H and O–H groups in total. The molecule has 2 saturated carbocycles. The van der Waals surface area contributed by atoms with E-state index < -0.39 is 0 Å². The molecule has 5 heteroatoms. The van der Waals surface area contributed by atoms with Gasteiger partial charge in [0.1, 0.15) is 0 Å². The summed E-state index contributed by atoms with van der Waals surface area (Å²) in [5.74, 6) is 1.26. The molecule has 0 saturated heterocycles. The summed E-state index contributed by atoms with van der Waals surface area (Å²) >= 11 is 8.07. The molecule has 0 spiro atoms. The molecule has 0 unspecified atom stereocenters. The number of hydrogen-bond acceptors (Lipinski definition) is 3. The summed E-state index contributed by atoms with van der Waals surface area (Å²) in [4.78, 5) is 11.4. The zero-order valence-electron chi connectivity index (χ0n) is 9.79. The van der Waals surface area contributed by atoms with Crippen LogP contribution in [0.25, 0.3) is 0 Å². The highest BCUT2D eigenvalue weighted by Gasteiger charge is 2.47. The smallest absolute Gasteiger partial charge is 0.258 e. The van der Waals surface area contributed by atoms with E-state index in [4.69, 9.17) is 11.6 Å². The first-order valence-electron chi connectivity index (χ1n) is 6.21. The Morgan fingerprint density at radius 3 is 2.67 bits per heavy atom. The lowest BCUT2D eigenvalue weighted by Gasteiger charge is -2.25. The minimum atomic E-state index is -0.307. The van der Waals surface area contributed by atoms with E-state index in [1.54, 1.807) is 23.9 Å². The molecule has 0 heterocycles. The Labute approximate surface area is 115 Å². The maximum absolute atomic E-state index is 11.0. The first kappa shape index (κ1) is 12.3. The zero-order chi connectivity index (χ0) is 12.7. The standard InChI is InChI=1S/C13H14ClNO2S/c14-12-8-5-6-9(7-8)13(12)18-11-4-2-1-3-10(11)15(16)17/h1-4,8-9,12-13H,5-7H2/t8-,9-,12+,13-/m1/s1. The lowest BCUT2D eigenvalue weighted by atomic mass is 10.00. The molecule has 4 atom stereocenters. The summed E-state index contributed by atoms with van der Waals surface area (Å²) in [5.41, 5.74) is 0.203. The fraction of sp³-hybridized carbons (Fsp3) is 0.538. The van der Waals surface area contributed by atoms with Crippen molar-refractivity contribution in [2.45, 2.75) is 34.8 Å². The first-order chi connectivity index (χ1) is 8.66. The summed E-state index contributed by atoms with van der Waals surface area (Å²) in [5, 5.41) is 11.5. The van der Waals surface area contributed by atoms with Crippen molar-refractivity contribution in [3.8, 4) is 0 Å². The molecule has 1 aromatic carbocycles. The van der Waals surface area contributed by atoms with E-state index in [0.717, 1.165) is 4.90 Å². The molecule has 3 nitrogen and oxygen atoms in total. The second kappa shape index (κ2) is 4.74. The number of rotatable bonds is 3. The average Bonchev–Trinajstić information content (AvgIpc) is 2.93. The Morgan fingerprint density at radius 1 is 1.28 bits per heavy atom. The van der Waals surface area contributed by atoms with Gasteiger partial charge >= 0.3 is 0 Å². The number of thioether (sulfide) groups is 1. The van der Waals surface area contributed by atoms with Gasteiger partial charge in [-0.1, -0.05) is 12.1 Å². The van der Waals surface area contributed by atoms with Crippen LogP contribution in [0.3, 0.4) is 0 Å². The fourth-order valence-corrected chi connectivity index (χ4v) is 5.28. The number of alkyl halides is 1. The quantitative estimate of drug-likeness (QED) is 0.477. The van der Waals surface area contributed by atoms with Crippen molar-refractivity contribution < 1.29 is 4.92 Å². The highest BCUT2D eigenvalue weighted by molar-refractivity contribution is 8.00. The number of fused-ring (bicyclic) bond motifs is 2. The molecule has 2 aliphatic rings. The van der Waals surface area contributed by atoms with Crippen LogP contribution in [0.2, 0.25) is 0 Å². The summed E-state index contributed by atoms with van der Waals surface area (Å²) in [7, 11) is 0. The Balaban J connectivity index is 1.83. The van der Waals surface area contributed by atoms with Crippen LogP contribution in [0.4, 0.5) is 5.69 Å². The van der Waals surface area contributed by atoms with Crippen LogP contribution in [0, 0.1) is 22.0 Å². The Hall–Kier alpha value is -0.740. The molecule has 1 aromatic rings. The van der Waals surface area contributed by atoms with Crippen LogP contribution in [-0.4, -0.2) is 15.6 Å². The van der Waals surface area contributed by atoms with Crippen LogP contribution in [0.1, 0.15) is 19.3 Å². The normalized spacial score (nSPS) is 33.8. The average molecular weight is 284 g/mol.